The summed E-state index contributed by atoms with van der Waals surface area (Å²) in [6, 6.07) is 10.9. The Balaban J connectivity index is 2.06. The lowest BCUT2D eigenvalue weighted by Gasteiger charge is -2.02. The molecule has 6 nitrogen and oxygen atoms in total. The second-order valence-electron chi connectivity index (χ2n) is 6.10. The molecule has 0 aliphatic carbocycles. The first-order chi connectivity index (χ1) is 12.0. The van der Waals surface area contributed by atoms with Gasteiger partial charge >= 0.3 is 5.97 Å². The monoisotopic (exact) mass is 336 g/mol. The third-order valence-electron chi connectivity index (χ3n) is 3.92. The number of rotatable bonds is 4. The zero-order valence-corrected chi connectivity index (χ0v) is 14.7. The molecule has 0 N–H and O–H groups in total. The maximum atomic E-state index is 11.6. The van der Waals surface area contributed by atoms with Gasteiger partial charge in [-0.2, -0.15) is 0 Å². The summed E-state index contributed by atoms with van der Waals surface area (Å²) in [5, 5.41) is 8.73. The number of aromatic nitrogens is 2. The van der Waals surface area contributed by atoms with Crippen LogP contribution in [-0.4, -0.2) is 22.5 Å². The van der Waals surface area contributed by atoms with Gasteiger partial charge in [0.2, 0.25) is 0 Å². The number of benzene rings is 1. The maximum absolute atomic E-state index is 11.6. The first kappa shape index (κ1) is 16.8. The molecular weight excluding hydrogens is 316 g/mol. The summed E-state index contributed by atoms with van der Waals surface area (Å²) in [7, 11) is 1.35. The minimum atomic E-state index is -0.398. The lowest BCUT2D eigenvalue weighted by molar-refractivity contribution is 0.0601. The van der Waals surface area contributed by atoms with Crippen LogP contribution in [0, 0.1) is 6.92 Å². The molecule has 25 heavy (non-hydrogen) atoms. The molecule has 0 aliphatic heterocycles. The summed E-state index contributed by atoms with van der Waals surface area (Å²) in [5.74, 6) is 0.525. The molecule has 0 atom stereocenters. The van der Waals surface area contributed by atoms with Crippen molar-refractivity contribution in [2.45, 2.75) is 26.7 Å². The van der Waals surface area contributed by atoms with Crippen molar-refractivity contribution in [3.05, 3.63) is 59.4 Å². The Morgan fingerprint density at radius 3 is 2.72 bits per heavy atom. The smallest absolute Gasteiger partial charge is 0.337 e. The van der Waals surface area contributed by atoms with Crippen LogP contribution in [0.25, 0.3) is 5.65 Å². The highest BCUT2D eigenvalue weighted by molar-refractivity contribution is 5.90. The minimum Gasteiger partial charge on any atom is -0.465 e. The molecule has 0 unspecified atom stereocenters. The first-order valence-corrected chi connectivity index (χ1v) is 8.09. The Hall–Kier alpha value is -3.02. The summed E-state index contributed by atoms with van der Waals surface area (Å²) >= 11 is 0. The van der Waals surface area contributed by atoms with E-state index < -0.39 is 5.97 Å². The molecule has 3 rings (SSSR count). The van der Waals surface area contributed by atoms with Gasteiger partial charge in [-0.25, -0.2) is 9.78 Å². The van der Waals surface area contributed by atoms with Crippen LogP contribution in [0.4, 0.5) is 11.5 Å². The Morgan fingerprint density at radius 2 is 2.00 bits per heavy atom. The number of pyridine rings is 1. The van der Waals surface area contributed by atoms with Crippen LogP contribution >= 0.6 is 0 Å². The zero-order valence-electron chi connectivity index (χ0n) is 14.7. The van der Waals surface area contributed by atoms with Crippen LogP contribution in [0.5, 0.6) is 0 Å². The van der Waals surface area contributed by atoms with E-state index in [-0.39, 0.29) is 5.92 Å². The van der Waals surface area contributed by atoms with Crippen LogP contribution in [0.2, 0.25) is 0 Å². The number of ether oxygens (including phenoxy) is 1. The molecule has 0 aliphatic rings. The number of aryl methyl sites for hydroxylation is 1. The fraction of sp³-hybridized carbons (Fsp3) is 0.263. The predicted molar refractivity (Wildman–Crippen MR) is 96.0 cm³/mol. The SMILES string of the molecule is COC(=O)c1cccc(N=Nc2c(C(C)C)nc3c(C)cccn23)c1. The van der Waals surface area contributed by atoms with Crippen molar-refractivity contribution in [1.82, 2.24) is 9.38 Å². The lowest BCUT2D eigenvalue weighted by Crippen LogP contribution is -1.99. The highest BCUT2D eigenvalue weighted by Crippen LogP contribution is 2.30. The number of hydrogen-bond acceptors (Lipinski definition) is 5. The van der Waals surface area contributed by atoms with E-state index in [1.807, 2.05) is 29.7 Å². The van der Waals surface area contributed by atoms with Gasteiger partial charge in [-0.05, 0) is 42.7 Å². The molecule has 0 amide bonds. The van der Waals surface area contributed by atoms with Crippen LogP contribution < -0.4 is 0 Å². The molecule has 0 saturated carbocycles. The Labute approximate surface area is 146 Å². The summed E-state index contributed by atoms with van der Waals surface area (Å²) in [6.07, 6.45) is 1.93. The molecule has 0 saturated heterocycles. The number of nitrogens with zero attached hydrogens (tertiary/aromatic N) is 4. The number of hydrogen-bond donors (Lipinski definition) is 0. The molecule has 1 aromatic carbocycles. The van der Waals surface area contributed by atoms with E-state index in [9.17, 15) is 4.79 Å². The van der Waals surface area contributed by atoms with Crippen LogP contribution in [0.3, 0.4) is 0 Å². The van der Waals surface area contributed by atoms with Gasteiger partial charge in [-0.15, -0.1) is 10.2 Å². The third-order valence-corrected chi connectivity index (χ3v) is 3.92. The van der Waals surface area contributed by atoms with Crippen molar-refractivity contribution in [3.63, 3.8) is 0 Å². The van der Waals surface area contributed by atoms with Crippen LogP contribution in [-0.2, 0) is 4.74 Å². The molecule has 0 bridgehead atoms. The van der Waals surface area contributed by atoms with Crippen molar-refractivity contribution in [2.75, 3.05) is 7.11 Å². The number of carbonyl (C=O) groups excluding carboxylic acids is 1. The molecule has 3 aromatic rings. The van der Waals surface area contributed by atoms with E-state index in [1.165, 1.54) is 7.11 Å². The molecule has 0 spiro atoms. The number of imidazole rings is 1. The van der Waals surface area contributed by atoms with Crippen molar-refractivity contribution in [2.24, 2.45) is 10.2 Å². The standard InChI is InChI=1S/C19H20N4O2/c1-12(2)16-18(23-10-6-7-13(3)17(23)20-16)22-21-15-9-5-8-14(11-15)19(24)25-4/h5-12H,1-4H3. The second-order valence-corrected chi connectivity index (χ2v) is 6.10. The lowest BCUT2D eigenvalue weighted by atomic mass is 10.1. The molecule has 6 heteroatoms. The highest BCUT2D eigenvalue weighted by Gasteiger charge is 2.16. The first-order valence-electron chi connectivity index (χ1n) is 8.09. The van der Waals surface area contributed by atoms with E-state index in [1.54, 1.807) is 24.3 Å². The molecule has 0 fully saturated rings. The Morgan fingerprint density at radius 1 is 1.20 bits per heavy atom. The number of methoxy groups -OCH3 is 1. The quantitative estimate of drug-likeness (QED) is 0.499. The Bertz CT molecular complexity index is 957. The van der Waals surface area contributed by atoms with E-state index in [2.05, 4.69) is 24.1 Å². The van der Waals surface area contributed by atoms with Crippen molar-refractivity contribution >= 4 is 23.1 Å². The van der Waals surface area contributed by atoms with Gasteiger partial charge in [0.1, 0.15) is 5.65 Å². The van der Waals surface area contributed by atoms with E-state index in [0.717, 1.165) is 16.9 Å². The van der Waals surface area contributed by atoms with Crippen LogP contribution in [0.15, 0.2) is 52.8 Å². The van der Waals surface area contributed by atoms with Crippen molar-refractivity contribution in [1.29, 1.82) is 0 Å². The molecule has 2 aromatic heterocycles. The van der Waals surface area contributed by atoms with Gasteiger partial charge in [0.15, 0.2) is 5.82 Å². The summed E-state index contributed by atoms with van der Waals surface area (Å²) < 4.78 is 6.68. The van der Waals surface area contributed by atoms with Gasteiger partial charge in [0.05, 0.1) is 24.1 Å². The van der Waals surface area contributed by atoms with Gasteiger partial charge in [-0.1, -0.05) is 26.0 Å². The largest absolute Gasteiger partial charge is 0.465 e. The molecule has 0 radical (unpaired) electrons. The van der Waals surface area contributed by atoms with E-state index in [0.29, 0.717) is 17.1 Å². The predicted octanol–water partition coefficient (Wildman–Crippen LogP) is 4.97. The Kier molecular flexibility index (Phi) is 4.61. The summed E-state index contributed by atoms with van der Waals surface area (Å²) in [4.78, 5) is 16.4. The molecule has 2 heterocycles. The fourth-order valence-corrected chi connectivity index (χ4v) is 2.61. The van der Waals surface area contributed by atoms with E-state index >= 15 is 0 Å². The number of fused-ring (bicyclic) bond motifs is 1. The topological polar surface area (TPSA) is 68.3 Å². The normalized spacial score (nSPS) is 11.6. The van der Waals surface area contributed by atoms with Gasteiger partial charge in [0, 0.05) is 6.20 Å². The minimum absolute atomic E-state index is 0.217. The highest BCUT2D eigenvalue weighted by atomic mass is 16.5. The summed E-state index contributed by atoms with van der Waals surface area (Å²) in [6.45, 7) is 6.18. The molecule has 128 valence electrons. The average Bonchev–Trinajstić information content (AvgIpc) is 3.00. The zero-order chi connectivity index (χ0) is 18.0. The second kappa shape index (κ2) is 6.84. The third kappa shape index (κ3) is 3.28. The number of carbonyl (C=O) groups is 1. The number of azo groups is 1. The van der Waals surface area contributed by atoms with E-state index in [4.69, 9.17) is 9.72 Å². The molecular formula is C19H20N4O2. The maximum Gasteiger partial charge on any atom is 0.337 e. The van der Waals surface area contributed by atoms with Gasteiger partial charge < -0.3 is 4.74 Å². The van der Waals surface area contributed by atoms with Crippen LogP contribution in [0.1, 0.15) is 41.4 Å². The van der Waals surface area contributed by atoms with Crippen molar-refractivity contribution < 1.29 is 9.53 Å². The van der Waals surface area contributed by atoms with Gasteiger partial charge in [0.25, 0.3) is 0 Å². The number of esters is 1. The average molecular weight is 336 g/mol. The fourth-order valence-electron chi connectivity index (χ4n) is 2.61. The van der Waals surface area contributed by atoms with Crippen molar-refractivity contribution in [3.8, 4) is 0 Å². The summed E-state index contributed by atoms with van der Waals surface area (Å²) in [5.41, 5.74) is 3.88. The van der Waals surface area contributed by atoms with Gasteiger partial charge in [-0.3, -0.25) is 4.40 Å².